The summed E-state index contributed by atoms with van der Waals surface area (Å²) in [5, 5.41) is 32.7. The quantitative estimate of drug-likeness (QED) is 0.480. The fourth-order valence-electron chi connectivity index (χ4n) is 3.25. The summed E-state index contributed by atoms with van der Waals surface area (Å²) in [5.41, 5.74) is 2.23. The van der Waals surface area contributed by atoms with Crippen molar-refractivity contribution in [1.29, 1.82) is 0 Å². The highest BCUT2D eigenvalue weighted by Crippen LogP contribution is 2.32. The summed E-state index contributed by atoms with van der Waals surface area (Å²) in [6.45, 7) is 0.291. The number of aliphatic hydroxyl groups is 3. The molecule has 0 bridgehead atoms. The Balaban J connectivity index is 1.53. The first-order valence-corrected chi connectivity index (χ1v) is 8.77. The van der Waals surface area contributed by atoms with E-state index in [1.807, 2.05) is 18.2 Å². The molecule has 0 spiro atoms. The zero-order chi connectivity index (χ0) is 18.8. The molecular formula is C18H21N5O4. The minimum Gasteiger partial charge on any atom is -0.394 e. The molecule has 0 saturated carbocycles. The third-order valence-corrected chi connectivity index (χ3v) is 4.70. The molecule has 9 nitrogen and oxygen atoms in total. The zero-order valence-corrected chi connectivity index (χ0v) is 14.5. The molecule has 4 rings (SSSR count). The molecule has 1 aliphatic heterocycles. The average molecular weight is 371 g/mol. The van der Waals surface area contributed by atoms with E-state index < -0.39 is 24.5 Å². The number of aliphatic hydroxyl groups excluding tert-OH is 3. The van der Waals surface area contributed by atoms with Crippen LogP contribution >= 0.6 is 0 Å². The monoisotopic (exact) mass is 371 g/mol. The van der Waals surface area contributed by atoms with Gasteiger partial charge in [0.2, 0.25) is 0 Å². The van der Waals surface area contributed by atoms with Crippen molar-refractivity contribution in [2.24, 2.45) is 0 Å². The van der Waals surface area contributed by atoms with E-state index in [2.05, 4.69) is 32.4 Å². The Kier molecular flexibility index (Phi) is 4.99. The van der Waals surface area contributed by atoms with Gasteiger partial charge in [-0.05, 0) is 12.0 Å². The van der Waals surface area contributed by atoms with Gasteiger partial charge in [-0.1, -0.05) is 30.3 Å². The van der Waals surface area contributed by atoms with Gasteiger partial charge in [0.25, 0.3) is 0 Å². The SMILES string of the molecule is OC[C@H]1O[C@@H](n2cnc3c(NCCc4ccccc4)ncnc32)[C@@H](O)C1O. The van der Waals surface area contributed by atoms with Gasteiger partial charge in [0.15, 0.2) is 23.2 Å². The lowest BCUT2D eigenvalue weighted by atomic mass is 10.1. The predicted octanol–water partition coefficient (Wildman–Crippen LogP) is 0.0924. The van der Waals surface area contributed by atoms with Crippen LogP contribution in [-0.2, 0) is 11.2 Å². The largest absolute Gasteiger partial charge is 0.394 e. The van der Waals surface area contributed by atoms with Gasteiger partial charge in [0.1, 0.15) is 24.6 Å². The lowest BCUT2D eigenvalue weighted by Crippen LogP contribution is -2.33. The highest BCUT2D eigenvalue weighted by Gasteiger charge is 2.44. The van der Waals surface area contributed by atoms with E-state index in [4.69, 9.17) is 4.74 Å². The highest BCUT2D eigenvalue weighted by atomic mass is 16.6. The molecule has 1 saturated heterocycles. The molecule has 142 valence electrons. The molecule has 9 heteroatoms. The Morgan fingerprint density at radius 1 is 1.07 bits per heavy atom. The fraction of sp³-hybridized carbons (Fsp3) is 0.389. The van der Waals surface area contributed by atoms with Gasteiger partial charge in [-0.25, -0.2) is 15.0 Å². The average Bonchev–Trinajstić information content (AvgIpc) is 3.25. The van der Waals surface area contributed by atoms with Gasteiger partial charge in [-0.2, -0.15) is 0 Å². The highest BCUT2D eigenvalue weighted by molar-refractivity contribution is 5.82. The minimum absolute atomic E-state index is 0.386. The lowest BCUT2D eigenvalue weighted by Gasteiger charge is -2.16. The van der Waals surface area contributed by atoms with Crippen LogP contribution in [0.2, 0.25) is 0 Å². The normalized spacial score (nSPS) is 25.1. The molecular weight excluding hydrogens is 350 g/mol. The maximum Gasteiger partial charge on any atom is 0.167 e. The Bertz CT molecular complexity index is 903. The van der Waals surface area contributed by atoms with Crippen LogP contribution in [0.4, 0.5) is 5.82 Å². The first kappa shape index (κ1) is 17.8. The molecule has 1 fully saturated rings. The number of hydrogen-bond donors (Lipinski definition) is 4. The summed E-state index contributed by atoms with van der Waals surface area (Å²) in [7, 11) is 0. The molecule has 0 aliphatic carbocycles. The molecule has 3 aromatic rings. The molecule has 0 radical (unpaired) electrons. The second-order valence-corrected chi connectivity index (χ2v) is 6.44. The fourth-order valence-corrected chi connectivity index (χ4v) is 3.25. The van der Waals surface area contributed by atoms with E-state index in [1.54, 1.807) is 4.57 Å². The van der Waals surface area contributed by atoms with Gasteiger partial charge >= 0.3 is 0 Å². The van der Waals surface area contributed by atoms with Crippen LogP contribution in [-0.4, -0.2) is 66.3 Å². The number of nitrogens with one attached hydrogen (secondary N) is 1. The number of imidazole rings is 1. The molecule has 4 N–H and O–H groups in total. The topological polar surface area (TPSA) is 126 Å². The summed E-state index contributed by atoms with van der Waals surface area (Å²) in [6, 6.07) is 10.1. The van der Waals surface area contributed by atoms with E-state index in [9.17, 15) is 15.3 Å². The van der Waals surface area contributed by atoms with Crippen molar-refractivity contribution in [1.82, 2.24) is 19.5 Å². The van der Waals surface area contributed by atoms with Gasteiger partial charge in [0.05, 0.1) is 12.9 Å². The van der Waals surface area contributed by atoms with Crippen LogP contribution in [0, 0.1) is 0 Å². The summed E-state index contributed by atoms with van der Waals surface area (Å²) in [6.07, 6.45) is -0.370. The maximum atomic E-state index is 10.2. The van der Waals surface area contributed by atoms with Gasteiger partial charge in [-0.15, -0.1) is 0 Å². The number of nitrogens with zero attached hydrogens (tertiary/aromatic N) is 4. The number of ether oxygens (including phenoxy) is 1. The van der Waals surface area contributed by atoms with Crippen molar-refractivity contribution in [3.63, 3.8) is 0 Å². The van der Waals surface area contributed by atoms with Crippen molar-refractivity contribution in [3.05, 3.63) is 48.5 Å². The first-order valence-electron chi connectivity index (χ1n) is 8.77. The molecule has 2 aromatic heterocycles. The molecule has 0 amide bonds. The number of fused-ring (bicyclic) bond motifs is 1. The van der Waals surface area contributed by atoms with Crippen LogP contribution < -0.4 is 5.32 Å². The molecule has 27 heavy (non-hydrogen) atoms. The molecule has 1 unspecified atom stereocenters. The second kappa shape index (κ2) is 7.57. The maximum absolute atomic E-state index is 10.2. The van der Waals surface area contributed by atoms with Crippen LogP contribution in [0.3, 0.4) is 0 Å². The van der Waals surface area contributed by atoms with E-state index in [0.29, 0.717) is 23.5 Å². The molecule has 1 aromatic carbocycles. The van der Waals surface area contributed by atoms with Crippen LogP contribution in [0.5, 0.6) is 0 Å². The van der Waals surface area contributed by atoms with Crippen molar-refractivity contribution in [2.75, 3.05) is 18.5 Å². The lowest BCUT2D eigenvalue weighted by molar-refractivity contribution is -0.0511. The van der Waals surface area contributed by atoms with Crippen molar-refractivity contribution < 1.29 is 20.1 Å². The number of hydrogen-bond acceptors (Lipinski definition) is 8. The van der Waals surface area contributed by atoms with Gasteiger partial charge < -0.3 is 25.4 Å². The number of rotatable bonds is 6. The molecule has 3 heterocycles. The third-order valence-electron chi connectivity index (χ3n) is 4.70. The second-order valence-electron chi connectivity index (χ2n) is 6.44. The van der Waals surface area contributed by atoms with Crippen molar-refractivity contribution >= 4 is 17.0 Å². The Morgan fingerprint density at radius 2 is 1.89 bits per heavy atom. The smallest absolute Gasteiger partial charge is 0.167 e. The zero-order valence-electron chi connectivity index (χ0n) is 14.5. The number of benzene rings is 1. The summed E-state index contributed by atoms with van der Waals surface area (Å²) in [4.78, 5) is 12.8. The Labute approximate surface area is 155 Å². The Hall–Kier alpha value is -2.59. The van der Waals surface area contributed by atoms with Crippen molar-refractivity contribution in [3.8, 4) is 0 Å². The summed E-state index contributed by atoms with van der Waals surface area (Å²) in [5.74, 6) is 0.585. The van der Waals surface area contributed by atoms with Crippen LogP contribution in [0.25, 0.3) is 11.2 Å². The number of aromatic nitrogens is 4. The third kappa shape index (κ3) is 3.37. The van der Waals surface area contributed by atoms with Crippen LogP contribution in [0.1, 0.15) is 11.8 Å². The Morgan fingerprint density at radius 3 is 2.63 bits per heavy atom. The standard InChI is InChI=1S/C18H21N5O4/c24-8-12-14(25)15(26)18(27-12)23-10-22-13-16(20-9-21-17(13)23)19-7-6-11-4-2-1-3-5-11/h1-5,9-10,12,14-15,18,24-26H,6-8H2,(H,19,20,21)/t12-,14?,15+,18-/m1/s1. The van der Waals surface area contributed by atoms with Gasteiger partial charge in [0, 0.05) is 6.54 Å². The van der Waals surface area contributed by atoms with Crippen molar-refractivity contribution in [2.45, 2.75) is 31.0 Å². The molecule has 1 aliphatic rings. The number of anilines is 1. The summed E-state index contributed by atoms with van der Waals surface area (Å²) >= 11 is 0. The van der Waals surface area contributed by atoms with Gasteiger partial charge in [-0.3, -0.25) is 4.57 Å². The van der Waals surface area contributed by atoms with E-state index >= 15 is 0 Å². The van der Waals surface area contributed by atoms with Crippen LogP contribution in [0.15, 0.2) is 43.0 Å². The summed E-state index contributed by atoms with van der Waals surface area (Å²) < 4.78 is 7.10. The van der Waals surface area contributed by atoms with E-state index in [0.717, 1.165) is 6.42 Å². The minimum atomic E-state index is -1.19. The molecule has 4 atom stereocenters. The first-order chi connectivity index (χ1) is 13.2. The predicted molar refractivity (Wildman–Crippen MR) is 97.0 cm³/mol. The van der Waals surface area contributed by atoms with E-state index in [1.165, 1.54) is 18.2 Å². The van der Waals surface area contributed by atoms with E-state index in [-0.39, 0.29) is 6.61 Å².